The van der Waals surface area contributed by atoms with E-state index in [9.17, 15) is 9.59 Å². The van der Waals surface area contributed by atoms with Gasteiger partial charge in [-0.05, 0) is 28.2 Å². The molecule has 0 aromatic rings. The zero-order valence-electron chi connectivity index (χ0n) is 9.47. The van der Waals surface area contributed by atoms with Crippen molar-refractivity contribution in [3.63, 3.8) is 0 Å². The summed E-state index contributed by atoms with van der Waals surface area (Å²) in [6.45, 7) is 0.385. The van der Waals surface area contributed by atoms with E-state index in [1.54, 1.807) is 38.0 Å². The molecule has 2 N–H and O–H groups in total. The predicted octanol–water partition coefficient (Wildman–Crippen LogP) is -0.736. The summed E-state index contributed by atoms with van der Waals surface area (Å²) in [6.07, 6.45) is 0. The Morgan fingerprint density at radius 2 is 1.47 bits per heavy atom. The van der Waals surface area contributed by atoms with Crippen molar-refractivity contribution >= 4 is 11.9 Å². The highest BCUT2D eigenvalue weighted by molar-refractivity contribution is 5.93. The lowest BCUT2D eigenvalue weighted by atomic mass is 9.99. The van der Waals surface area contributed by atoms with Crippen molar-refractivity contribution in [2.75, 3.05) is 34.7 Å². The van der Waals surface area contributed by atoms with Crippen LogP contribution in [0.5, 0.6) is 0 Å². The standard InChI is InChI=1S/C9H18N2O4/c1-10(2)5-6(11(3)4)7(8(12)13)9(14)15/h6-7H,5H2,1-4H3,(H,12,13)(H,14,15). The number of likely N-dealkylation sites (N-methyl/N-ethyl adjacent to an activating group) is 2. The first kappa shape index (κ1) is 13.9. The molecule has 0 heterocycles. The number of carbonyl (C=O) groups is 2. The molecule has 0 aliphatic heterocycles. The third kappa shape index (κ3) is 4.26. The number of rotatable bonds is 6. The van der Waals surface area contributed by atoms with Crippen LogP contribution in [0.15, 0.2) is 0 Å². The maximum Gasteiger partial charge on any atom is 0.319 e. The molecule has 0 saturated heterocycles. The van der Waals surface area contributed by atoms with E-state index in [-0.39, 0.29) is 0 Å². The van der Waals surface area contributed by atoms with Crippen molar-refractivity contribution in [1.82, 2.24) is 9.80 Å². The number of aliphatic carboxylic acids is 2. The Labute approximate surface area is 89.1 Å². The van der Waals surface area contributed by atoms with Crippen molar-refractivity contribution in [2.45, 2.75) is 6.04 Å². The van der Waals surface area contributed by atoms with Gasteiger partial charge in [0.1, 0.15) is 0 Å². The highest BCUT2D eigenvalue weighted by Gasteiger charge is 2.36. The van der Waals surface area contributed by atoms with Gasteiger partial charge in [-0.2, -0.15) is 0 Å². The van der Waals surface area contributed by atoms with Crippen LogP contribution < -0.4 is 0 Å². The van der Waals surface area contributed by atoms with Crippen molar-refractivity contribution in [3.05, 3.63) is 0 Å². The lowest BCUT2D eigenvalue weighted by Gasteiger charge is -2.29. The molecule has 6 heteroatoms. The minimum Gasteiger partial charge on any atom is -0.481 e. The van der Waals surface area contributed by atoms with Gasteiger partial charge in [0.15, 0.2) is 5.92 Å². The Kier molecular flexibility index (Phi) is 5.24. The lowest BCUT2D eigenvalue weighted by molar-refractivity contribution is -0.157. The molecule has 0 aromatic heterocycles. The van der Waals surface area contributed by atoms with E-state index in [4.69, 9.17) is 10.2 Å². The topological polar surface area (TPSA) is 81.1 Å². The second kappa shape index (κ2) is 5.67. The van der Waals surface area contributed by atoms with E-state index >= 15 is 0 Å². The Morgan fingerprint density at radius 1 is 1.07 bits per heavy atom. The third-order valence-electron chi connectivity index (χ3n) is 2.13. The fourth-order valence-corrected chi connectivity index (χ4v) is 1.38. The van der Waals surface area contributed by atoms with E-state index in [1.165, 1.54) is 0 Å². The van der Waals surface area contributed by atoms with Gasteiger partial charge >= 0.3 is 11.9 Å². The molecular formula is C9H18N2O4. The minimum absolute atomic E-state index is 0.385. The maximum atomic E-state index is 10.8. The summed E-state index contributed by atoms with van der Waals surface area (Å²) in [6, 6.07) is -0.546. The van der Waals surface area contributed by atoms with Crippen molar-refractivity contribution in [3.8, 4) is 0 Å². The second-order valence-electron chi connectivity index (χ2n) is 3.95. The second-order valence-corrected chi connectivity index (χ2v) is 3.95. The molecule has 6 nitrogen and oxygen atoms in total. The van der Waals surface area contributed by atoms with Gasteiger partial charge in [-0.3, -0.25) is 9.59 Å². The fourth-order valence-electron chi connectivity index (χ4n) is 1.38. The van der Waals surface area contributed by atoms with E-state index in [0.717, 1.165) is 0 Å². The van der Waals surface area contributed by atoms with Gasteiger partial charge in [-0.15, -0.1) is 0 Å². The van der Waals surface area contributed by atoms with Crippen LogP contribution in [0, 0.1) is 5.92 Å². The summed E-state index contributed by atoms with van der Waals surface area (Å²) in [5.41, 5.74) is 0. The summed E-state index contributed by atoms with van der Waals surface area (Å²) >= 11 is 0. The molecule has 1 atom stereocenters. The molecule has 0 bridgehead atoms. The Morgan fingerprint density at radius 3 is 1.67 bits per heavy atom. The van der Waals surface area contributed by atoms with Crippen LogP contribution in [-0.2, 0) is 9.59 Å². The smallest absolute Gasteiger partial charge is 0.319 e. The number of hydrogen-bond donors (Lipinski definition) is 2. The molecule has 0 fully saturated rings. The van der Waals surface area contributed by atoms with Crippen LogP contribution in [0.2, 0.25) is 0 Å². The Hall–Kier alpha value is -1.14. The first-order valence-electron chi connectivity index (χ1n) is 4.54. The molecule has 0 aromatic carbocycles. The van der Waals surface area contributed by atoms with Crippen LogP contribution in [0.25, 0.3) is 0 Å². The highest BCUT2D eigenvalue weighted by Crippen LogP contribution is 2.11. The van der Waals surface area contributed by atoms with Crippen molar-refractivity contribution in [2.24, 2.45) is 5.92 Å². The van der Waals surface area contributed by atoms with Gasteiger partial charge < -0.3 is 20.0 Å². The summed E-state index contributed by atoms with van der Waals surface area (Å²) < 4.78 is 0. The monoisotopic (exact) mass is 218 g/mol. The number of nitrogens with zero attached hydrogens (tertiary/aromatic N) is 2. The molecule has 0 rings (SSSR count). The zero-order chi connectivity index (χ0) is 12.2. The SMILES string of the molecule is CN(C)CC(C(C(=O)O)C(=O)O)N(C)C. The van der Waals surface area contributed by atoms with Gasteiger partial charge in [-0.25, -0.2) is 0 Å². The van der Waals surface area contributed by atoms with E-state index in [2.05, 4.69) is 0 Å². The normalized spacial score (nSPS) is 13.5. The van der Waals surface area contributed by atoms with Crippen LogP contribution in [0.1, 0.15) is 0 Å². The summed E-state index contributed by atoms with van der Waals surface area (Å²) in [7, 11) is 6.90. The van der Waals surface area contributed by atoms with Crippen LogP contribution in [0.3, 0.4) is 0 Å². The Bertz CT molecular complexity index is 226. The highest BCUT2D eigenvalue weighted by atomic mass is 16.4. The van der Waals surface area contributed by atoms with Gasteiger partial charge in [-0.1, -0.05) is 0 Å². The van der Waals surface area contributed by atoms with Gasteiger partial charge in [0.05, 0.1) is 0 Å². The van der Waals surface area contributed by atoms with Gasteiger partial charge in [0.2, 0.25) is 0 Å². The average molecular weight is 218 g/mol. The fraction of sp³-hybridized carbons (Fsp3) is 0.778. The number of hydrogen-bond acceptors (Lipinski definition) is 4. The molecule has 0 saturated carbocycles. The first-order valence-corrected chi connectivity index (χ1v) is 4.54. The molecule has 15 heavy (non-hydrogen) atoms. The van der Waals surface area contributed by atoms with Crippen LogP contribution in [-0.4, -0.2) is 72.7 Å². The zero-order valence-corrected chi connectivity index (χ0v) is 9.47. The van der Waals surface area contributed by atoms with Gasteiger partial charge in [0, 0.05) is 12.6 Å². The van der Waals surface area contributed by atoms with E-state index < -0.39 is 23.9 Å². The van der Waals surface area contributed by atoms with Crippen molar-refractivity contribution in [1.29, 1.82) is 0 Å². The molecule has 0 spiro atoms. The van der Waals surface area contributed by atoms with Gasteiger partial charge in [0.25, 0.3) is 0 Å². The number of carboxylic acid groups (broad SMARTS) is 2. The molecule has 1 unspecified atom stereocenters. The molecule has 0 amide bonds. The molecule has 0 aliphatic rings. The summed E-state index contributed by atoms with van der Waals surface area (Å²) in [5.74, 6) is -4.01. The minimum atomic E-state index is -1.40. The number of carboxylic acids is 2. The lowest BCUT2D eigenvalue weighted by Crippen LogP contribution is -2.48. The average Bonchev–Trinajstić information content (AvgIpc) is 2.00. The molecule has 88 valence electrons. The van der Waals surface area contributed by atoms with E-state index in [1.807, 2.05) is 0 Å². The predicted molar refractivity (Wildman–Crippen MR) is 54.8 cm³/mol. The third-order valence-corrected chi connectivity index (χ3v) is 2.13. The van der Waals surface area contributed by atoms with Crippen LogP contribution in [0.4, 0.5) is 0 Å². The maximum absolute atomic E-state index is 10.8. The summed E-state index contributed by atoms with van der Waals surface area (Å²) in [5, 5.41) is 17.7. The molecular weight excluding hydrogens is 200 g/mol. The quantitative estimate of drug-likeness (QED) is 0.572. The molecule has 0 radical (unpaired) electrons. The summed E-state index contributed by atoms with van der Waals surface area (Å²) in [4.78, 5) is 25.1. The largest absolute Gasteiger partial charge is 0.481 e. The first-order chi connectivity index (χ1) is 6.77. The van der Waals surface area contributed by atoms with Crippen molar-refractivity contribution < 1.29 is 19.8 Å². The van der Waals surface area contributed by atoms with E-state index in [0.29, 0.717) is 6.54 Å². The molecule has 0 aliphatic carbocycles. The Balaban J connectivity index is 4.84. The van der Waals surface area contributed by atoms with Crippen LogP contribution >= 0.6 is 0 Å².